The molecule has 2 nitrogen and oxygen atoms in total. The van der Waals surface area contributed by atoms with E-state index in [0.29, 0.717) is 0 Å². The fourth-order valence-corrected chi connectivity index (χ4v) is 2.17. The molecule has 0 aromatic heterocycles. The summed E-state index contributed by atoms with van der Waals surface area (Å²) in [6.45, 7) is 4.61. The molecule has 2 heteroatoms. The van der Waals surface area contributed by atoms with Gasteiger partial charge in [-0.2, -0.15) is 0 Å². The molecule has 0 spiro atoms. The van der Waals surface area contributed by atoms with E-state index < -0.39 is 5.97 Å². The van der Waals surface area contributed by atoms with Crippen molar-refractivity contribution in [3.63, 3.8) is 0 Å². The Hall–Kier alpha value is -1.05. The average Bonchev–Trinajstić information content (AvgIpc) is 2.46. The second kappa shape index (κ2) is 15.3. The Bertz CT molecular complexity index is 292. The first-order chi connectivity index (χ1) is 10.2. The standard InChI is InChI=1S/C19H34O2/c1-3-18(2)16-14-12-10-8-6-4-5-7-9-11-13-15-17-19(20)21/h4,6,9,11,18H,3,5,7-8,10,12-17H2,1-2H3,(H,20,21). The van der Waals surface area contributed by atoms with Crippen LogP contribution in [0.4, 0.5) is 0 Å². The lowest BCUT2D eigenvalue weighted by Crippen LogP contribution is -1.92. The number of hydrogen-bond donors (Lipinski definition) is 1. The highest BCUT2D eigenvalue weighted by Gasteiger charge is 1.97. The Balaban J connectivity index is 3.25. The summed E-state index contributed by atoms with van der Waals surface area (Å²) in [4.78, 5) is 10.3. The number of carboxylic acids is 1. The quantitative estimate of drug-likeness (QED) is 0.309. The van der Waals surface area contributed by atoms with Crippen LogP contribution in [-0.4, -0.2) is 11.1 Å². The normalized spacial score (nSPS) is 13.2. The van der Waals surface area contributed by atoms with E-state index in [-0.39, 0.29) is 6.42 Å². The lowest BCUT2D eigenvalue weighted by Gasteiger charge is -2.06. The third-order valence-electron chi connectivity index (χ3n) is 3.86. The van der Waals surface area contributed by atoms with Crippen LogP contribution in [0.15, 0.2) is 24.3 Å². The number of unbranched alkanes of at least 4 members (excludes halogenated alkanes) is 5. The lowest BCUT2D eigenvalue weighted by atomic mass is 10.0. The van der Waals surface area contributed by atoms with Gasteiger partial charge in [-0.25, -0.2) is 0 Å². The summed E-state index contributed by atoms with van der Waals surface area (Å²) in [7, 11) is 0. The van der Waals surface area contributed by atoms with Crippen molar-refractivity contribution >= 4 is 5.97 Å². The van der Waals surface area contributed by atoms with Gasteiger partial charge < -0.3 is 5.11 Å². The maximum absolute atomic E-state index is 10.3. The van der Waals surface area contributed by atoms with Crippen LogP contribution in [0, 0.1) is 5.92 Å². The van der Waals surface area contributed by atoms with Gasteiger partial charge in [-0.3, -0.25) is 4.79 Å². The highest BCUT2D eigenvalue weighted by molar-refractivity contribution is 5.66. The minimum Gasteiger partial charge on any atom is -0.481 e. The van der Waals surface area contributed by atoms with E-state index >= 15 is 0 Å². The van der Waals surface area contributed by atoms with Crippen molar-refractivity contribution in [1.82, 2.24) is 0 Å². The lowest BCUT2D eigenvalue weighted by molar-refractivity contribution is -0.137. The number of carboxylic acid groups (broad SMARTS) is 1. The highest BCUT2D eigenvalue weighted by Crippen LogP contribution is 2.13. The zero-order valence-electron chi connectivity index (χ0n) is 14.0. The van der Waals surface area contributed by atoms with Gasteiger partial charge >= 0.3 is 5.97 Å². The molecule has 0 aliphatic carbocycles. The molecule has 0 aliphatic heterocycles. The maximum Gasteiger partial charge on any atom is 0.303 e. The van der Waals surface area contributed by atoms with Gasteiger partial charge in [0.25, 0.3) is 0 Å². The zero-order valence-corrected chi connectivity index (χ0v) is 14.0. The predicted molar refractivity (Wildman–Crippen MR) is 91.5 cm³/mol. The van der Waals surface area contributed by atoms with E-state index in [1.165, 1.54) is 38.5 Å². The van der Waals surface area contributed by atoms with Gasteiger partial charge in [0.2, 0.25) is 0 Å². The molecule has 1 atom stereocenters. The molecule has 0 aliphatic rings. The Morgan fingerprint density at radius 1 is 0.905 bits per heavy atom. The molecule has 21 heavy (non-hydrogen) atoms. The van der Waals surface area contributed by atoms with Crippen LogP contribution in [0.5, 0.6) is 0 Å². The second-order valence-electron chi connectivity index (χ2n) is 5.96. The second-order valence-corrected chi connectivity index (χ2v) is 5.96. The zero-order chi connectivity index (χ0) is 15.8. The molecule has 0 radical (unpaired) electrons. The van der Waals surface area contributed by atoms with E-state index in [1.54, 1.807) is 0 Å². The van der Waals surface area contributed by atoms with Crippen molar-refractivity contribution in [2.24, 2.45) is 5.92 Å². The van der Waals surface area contributed by atoms with E-state index in [0.717, 1.165) is 31.6 Å². The van der Waals surface area contributed by atoms with Crippen molar-refractivity contribution in [3.8, 4) is 0 Å². The van der Waals surface area contributed by atoms with Crippen LogP contribution >= 0.6 is 0 Å². The fourth-order valence-electron chi connectivity index (χ4n) is 2.17. The van der Waals surface area contributed by atoms with Gasteiger partial charge in [-0.1, -0.05) is 63.8 Å². The van der Waals surface area contributed by atoms with Crippen LogP contribution in [0.25, 0.3) is 0 Å². The summed E-state index contributed by atoms with van der Waals surface area (Å²) in [5.74, 6) is 0.193. The number of aliphatic carboxylic acids is 1. The Kier molecular flexibility index (Phi) is 14.6. The summed E-state index contributed by atoms with van der Waals surface area (Å²) in [6, 6.07) is 0. The molecule has 0 heterocycles. The van der Waals surface area contributed by atoms with Crippen molar-refractivity contribution in [2.75, 3.05) is 0 Å². The summed E-state index contributed by atoms with van der Waals surface area (Å²) >= 11 is 0. The Morgan fingerprint density at radius 3 is 2.05 bits per heavy atom. The monoisotopic (exact) mass is 294 g/mol. The van der Waals surface area contributed by atoms with E-state index in [4.69, 9.17) is 5.11 Å². The summed E-state index contributed by atoms with van der Waals surface area (Å²) < 4.78 is 0. The maximum atomic E-state index is 10.3. The first-order valence-electron chi connectivity index (χ1n) is 8.68. The number of allylic oxidation sites excluding steroid dienone is 4. The molecule has 0 bridgehead atoms. The van der Waals surface area contributed by atoms with Gasteiger partial charge in [-0.05, 0) is 44.4 Å². The topological polar surface area (TPSA) is 37.3 Å². The van der Waals surface area contributed by atoms with Crippen molar-refractivity contribution in [2.45, 2.75) is 84.5 Å². The first-order valence-corrected chi connectivity index (χ1v) is 8.68. The minimum absolute atomic E-state index is 0.279. The molecule has 122 valence electrons. The summed E-state index contributed by atoms with van der Waals surface area (Å²) in [5.41, 5.74) is 0. The summed E-state index contributed by atoms with van der Waals surface area (Å²) in [5, 5.41) is 8.50. The first kappa shape index (κ1) is 19.9. The van der Waals surface area contributed by atoms with Crippen LogP contribution in [0.2, 0.25) is 0 Å². The third kappa shape index (κ3) is 16.9. The molecule has 0 rings (SSSR count). The van der Waals surface area contributed by atoms with Crippen LogP contribution in [-0.2, 0) is 4.79 Å². The van der Waals surface area contributed by atoms with E-state index in [9.17, 15) is 4.79 Å². The van der Waals surface area contributed by atoms with Crippen LogP contribution in [0.1, 0.15) is 84.5 Å². The highest BCUT2D eigenvalue weighted by atomic mass is 16.4. The molecule has 0 fully saturated rings. The summed E-state index contributed by atoms with van der Waals surface area (Å²) in [6.07, 6.45) is 20.9. The van der Waals surface area contributed by atoms with Crippen molar-refractivity contribution in [1.29, 1.82) is 0 Å². The molecule has 0 saturated carbocycles. The van der Waals surface area contributed by atoms with Crippen LogP contribution in [0.3, 0.4) is 0 Å². The molecule has 0 aromatic rings. The molecule has 0 amide bonds. The molecule has 1 N–H and O–H groups in total. The smallest absolute Gasteiger partial charge is 0.303 e. The van der Waals surface area contributed by atoms with Gasteiger partial charge in [0.1, 0.15) is 0 Å². The number of rotatable bonds is 14. The molecular weight excluding hydrogens is 260 g/mol. The van der Waals surface area contributed by atoms with Gasteiger partial charge in [0.05, 0.1) is 0 Å². The molecule has 0 aromatic carbocycles. The minimum atomic E-state index is -0.699. The molecular formula is C19H34O2. The largest absolute Gasteiger partial charge is 0.481 e. The number of hydrogen-bond acceptors (Lipinski definition) is 1. The predicted octanol–water partition coefficient (Wildman–Crippen LogP) is 6.13. The van der Waals surface area contributed by atoms with Crippen LogP contribution < -0.4 is 0 Å². The van der Waals surface area contributed by atoms with Gasteiger partial charge in [0, 0.05) is 6.42 Å². The Labute approximate surface area is 131 Å². The van der Waals surface area contributed by atoms with E-state index in [1.807, 2.05) is 0 Å². The van der Waals surface area contributed by atoms with Gasteiger partial charge in [0.15, 0.2) is 0 Å². The molecule has 0 saturated heterocycles. The number of carbonyl (C=O) groups is 1. The Morgan fingerprint density at radius 2 is 1.48 bits per heavy atom. The third-order valence-corrected chi connectivity index (χ3v) is 3.86. The van der Waals surface area contributed by atoms with Crippen molar-refractivity contribution in [3.05, 3.63) is 24.3 Å². The van der Waals surface area contributed by atoms with E-state index in [2.05, 4.69) is 38.2 Å². The van der Waals surface area contributed by atoms with Gasteiger partial charge in [-0.15, -0.1) is 0 Å². The van der Waals surface area contributed by atoms with Crippen molar-refractivity contribution < 1.29 is 9.90 Å². The fraction of sp³-hybridized carbons (Fsp3) is 0.737. The SMILES string of the molecule is CCC(C)CCCCCC=CCCC=CCCCC(=O)O. The average molecular weight is 294 g/mol. The molecule has 1 unspecified atom stereocenters.